The molecular formula is C16H31N3S. The molecule has 1 aliphatic heterocycles. The molecule has 0 radical (unpaired) electrons. The lowest BCUT2D eigenvalue weighted by Gasteiger charge is -2.36. The molecule has 2 fully saturated rings. The molecule has 4 heteroatoms. The number of nitrogens with zero attached hydrogens (tertiary/aromatic N) is 2. The molecule has 0 amide bonds. The highest BCUT2D eigenvalue weighted by Gasteiger charge is 2.40. The third kappa shape index (κ3) is 4.39. The van der Waals surface area contributed by atoms with Gasteiger partial charge in [-0.1, -0.05) is 31.5 Å². The van der Waals surface area contributed by atoms with Crippen molar-refractivity contribution in [1.29, 1.82) is 0 Å². The first kappa shape index (κ1) is 16.2. The van der Waals surface area contributed by atoms with Gasteiger partial charge < -0.3 is 10.2 Å². The minimum absolute atomic E-state index is 0.371. The van der Waals surface area contributed by atoms with Crippen LogP contribution < -0.4 is 5.32 Å². The van der Waals surface area contributed by atoms with E-state index < -0.39 is 0 Å². The second kappa shape index (κ2) is 7.17. The molecular weight excluding hydrogens is 266 g/mol. The lowest BCUT2D eigenvalue weighted by Crippen LogP contribution is -2.47. The zero-order chi connectivity index (χ0) is 14.6. The van der Waals surface area contributed by atoms with Crippen molar-refractivity contribution in [3.8, 4) is 0 Å². The molecule has 0 aromatic rings. The Labute approximate surface area is 129 Å². The molecule has 1 saturated carbocycles. The van der Waals surface area contributed by atoms with Crippen LogP contribution >= 0.6 is 11.8 Å². The minimum Gasteiger partial charge on any atom is -0.359 e. The van der Waals surface area contributed by atoms with Crippen LogP contribution in [-0.4, -0.2) is 47.5 Å². The van der Waals surface area contributed by atoms with E-state index in [0.717, 1.165) is 25.4 Å². The van der Waals surface area contributed by atoms with Gasteiger partial charge in [0, 0.05) is 23.9 Å². The van der Waals surface area contributed by atoms with Gasteiger partial charge in [0.1, 0.15) is 0 Å². The first-order valence-corrected chi connectivity index (χ1v) is 9.15. The normalized spacial score (nSPS) is 32.5. The van der Waals surface area contributed by atoms with Crippen molar-refractivity contribution in [2.45, 2.75) is 64.5 Å². The Kier molecular flexibility index (Phi) is 5.79. The highest BCUT2D eigenvalue weighted by Crippen LogP contribution is 2.38. The fourth-order valence-electron chi connectivity index (χ4n) is 3.25. The van der Waals surface area contributed by atoms with Crippen LogP contribution in [0.25, 0.3) is 0 Å². The van der Waals surface area contributed by atoms with Gasteiger partial charge in [0.05, 0.1) is 0 Å². The van der Waals surface area contributed by atoms with E-state index in [1.165, 1.54) is 36.6 Å². The van der Waals surface area contributed by atoms with Crippen molar-refractivity contribution >= 4 is 16.9 Å². The number of rotatable bonds is 5. The van der Waals surface area contributed by atoms with Crippen molar-refractivity contribution in [3.05, 3.63) is 0 Å². The first-order chi connectivity index (χ1) is 9.51. The van der Waals surface area contributed by atoms with Gasteiger partial charge in [-0.15, -0.1) is 0 Å². The van der Waals surface area contributed by atoms with Crippen molar-refractivity contribution in [2.75, 3.05) is 25.9 Å². The summed E-state index contributed by atoms with van der Waals surface area (Å²) in [6.07, 6.45) is 6.60. The predicted molar refractivity (Wildman–Crippen MR) is 90.6 cm³/mol. The SMILES string of the molecule is CC1CCCC2(CSC(=NCCCN(C)C(C)C)N2)C1. The molecule has 2 aliphatic rings. The fourth-order valence-corrected chi connectivity index (χ4v) is 4.47. The summed E-state index contributed by atoms with van der Waals surface area (Å²) >= 11 is 1.94. The summed E-state index contributed by atoms with van der Waals surface area (Å²) in [6.45, 7) is 8.98. The summed E-state index contributed by atoms with van der Waals surface area (Å²) in [5.41, 5.74) is 0.371. The fraction of sp³-hybridized carbons (Fsp3) is 0.938. The molecule has 0 aromatic heterocycles. The molecule has 1 heterocycles. The van der Waals surface area contributed by atoms with Crippen LogP contribution in [0.4, 0.5) is 0 Å². The van der Waals surface area contributed by atoms with Gasteiger partial charge in [0.15, 0.2) is 5.17 Å². The average molecular weight is 298 g/mol. The summed E-state index contributed by atoms with van der Waals surface area (Å²) in [7, 11) is 2.19. The molecule has 1 aliphatic carbocycles. The Morgan fingerprint density at radius 3 is 3.00 bits per heavy atom. The molecule has 2 rings (SSSR count). The van der Waals surface area contributed by atoms with Crippen LogP contribution in [-0.2, 0) is 0 Å². The largest absolute Gasteiger partial charge is 0.359 e. The maximum atomic E-state index is 4.77. The molecule has 0 bridgehead atoms. The Morgan fingerprint density at radius 1 is 1.50 bits per heavy atom. The van der Waals surface area contributed by atoms with E-state index in [4.69, 9.17) is 4.99 Å². The monoisotopic (exact) mass is 297 g/mol. The van der Waals surface area contributed by atoms with Crippen LogP contribution in [0.2, 0.25) is 0 Å². The highest BCUT2D eigenvalue weighted by atomic mass is 32.2. The summed E-state index contributed by atoms with van der Waals surface area (Å²) in [4.78, 5) is 7.16. The van der Waals surface area contributed by atoms with Crippen LogP contribution in [0.1, 0.15) is 52.9 Å². The zero-order valence-corrected chi connectivity index (χ0v) is 14.4. The van der Waals surface area contributed by atoms with Gasteiger partial charge >= 0.3 is 0 Å². The van der Waals surface area contributed by atoms with E-state index >= 15 is 0 Å². The highest BCUT2D eigenvalue weighted by molar-refractivity contribution is 8.14. The number of amidine groups is 1. The van der Waals surface area contributed by atoms with Gasteiger partial charge in [-0.25, -0.2) is 0 Å². The third-order valence-electron chi connectivity index (χ3n) is 4.75. The number of hydrogen-bond donors (Lipinski definition) is 1. The minimum atomic E-state index is 0.371. The molecule has 0 aromatic carbocycles. The number of thioether (sulfide) groups is 1. The molecule has 2 unspecified atom stereocenters. The number of hydrogen-bond acceptors (Lipinski definition) is 3. The maximum Gasteiger partial charge on any atom is 0.157 e. The zero-order valence-electron chi connectivity index (χ0n) is 13.6. The van der Waals surface area contributed by atoms with E-state index in [1.807, 2.05) is 11.8 Å². The Bertz CT molecular complexity index is 343. The standard InChI is InChI=1S/C16H31N3S/c1-13(2)19(4)10-6-9-17-15-18-16(12-20-15)8-5-7-14(3)11-16/h13-14H,5-12H2,1-4H3,(H,17,18). The van der Waals surface area contributed by atoms with Crippen LogP contribution in [0.3, 0.4) is 0 Å². The summed E-state index contributed by atoms with van der Waals surface area (Å²) in [5, 5.41) is 4.95. The lowest BCUT2D eigenvalue weighted by atomic mass is 9.78. The molecule has 1 N–H and O–H groups in total. The number of nitrogens with one attached hydrogen (secondary N) is 1. The quantitative estimate of drug-likeness (QED) is 0.789. The van der Waals surface area contributed by atoms with Crippen LogP contribution in [0, 0.1) is 5.92 Å². The maximum absolute atomic E-state index is 4.77. The molecule has 1 saturated heterocycles. The van der Waals surface area contributed by atoms with E-state index in [0.29, 0.717) is 11.6 Å². The van der Waals surface area contributed by atoms with Crippen LogP contribution in [0.15, 0.2) is 4.99 Å². The number of aliphatic imine (C=N–C) groups is 1. The Morgan fingerprint density at radius 2 is 2.30 bits per heavy atom. The van der Waals surface area contributed by atoms with E-state index in [-0.39, 0.29) is 0 Å². The van der Waals surface area contributed by atoms with E-state index in [9.17, 15) is 0 Å². The van der Waals surface area contributed by atoms with Crippen molar-refractivity contribution < 1.29 is 0 Å². The summed E-state index contributed by atoms with van der Waals surface area (Å²) in [5.74, 6) is 2.10. The molecule has 116 valence electrons. The van der Waals surface area contributed by atoms with Gasteiger partial charge in [-0.3, -0.25) is 4.99 Å². The lowest BCUT2D eigenvalue weighted by molar-refractivity contribution is 0.242. The topological polar surface area (TPSA) is 27.6 Å². The van der Waals surface area contributed by atoms with Gasteiger partial charge in [0.25, 0.3) is 0 Å². The molecule has 3 nitrogen and oxygen atoms in total. The van der Waals surface area contributed by atoms with Crippen molar-refractivity contribution in [2.24, 2.45) is 10.9 Å². The smallest absolute Gasteiger partial charge is 0.157 e. The van der Waals surface area contributed by atoms with Gasteiger partial charge in [-0.05, 0) is 52.6 Å². The second-order valence-corrected chi connectivity index (χ2v) is 7.97. The van der Waals surface area contributed by atoms with Gasteiger partial charge in [-0.2, -0.15) is 0 Å². The first-order valence-electron chi connectivity index (χ1n) is 8.16. The van der Waals surface area contributed by atoms with E-state index in [2.05, 4.69) is 38.0 Å². The predicted octanol–water partition coefficient (Wildman–Crippen LogP) is 3.36. The molecule has 20 heavy (non-hydrogen) atoms. The summed E-state index contributed by atoms with van der Waals surface area (Å²) in [6, 6.07) is 0.633. The third-order valence-corrected chi connectivity index (χ3v) is 5.96. The van der Waals surface area contributed by atoms with Gasteiger partial charge in [0.2, 0.25) is 0 Å². The van der Waals surface area contributed by atoms with Crippen molar-refractivity contribution in [3.63, 3.8) is 0 Å². The Hall–Kier alpha value is -0.220. The van der Waals surface area contributed by atoms with Crippen LogP contribution in [0.5, 0.6) is 0 Å². The molecule has 2 atom stereocenters. The second-order valence-electron chi connectivity index (χ2n) is 7.01. The summed E-state index contributed by atoms with van der Waals surface area (Å²) < 4.78 is 0. The van der Waals surface area contributed by atoms with E-state index in [1.54, 1.807) is 0 Å². The molecule has 1 spiro atoms. The Balaban J connectivity index is 1.73. The average Bonchev–Trinajstić information content (AvgIpc) is 2.76. The van der Waals surface area contributed by atoms with Crippen molar-refractivity contribution in [1.82, 2.24) is 10.2 Å².